The van der Waals surface area contributed by atoms with Crippen LogP contribution in [0.25, 0.3) is 32.2 Å². The molecular formula is C21H19N3OS2. The van der Waals surface area contributed by atoms with Gasteiger partial charge in [-0.05, 0) is 54.4 Å². The average molecular weight is 394 g/mol. The van der Waals surface area contributed by atoms with Gasteiger partial charge in [-0.3, -0.25) is 4.79 Å². The number of hydrogen-bond donors (Lipinski definition) is 1. The Labute approximate surface area is 165 Å². The van der Waals surface area contributed by atoms with Crippen LogP contribution in [-0.2, 0) is 0 Å². The lowest BCUT2D eigenvalue weighted by Crippen LogP contribution is -2.31. The lowest BCUT2D eigenvalue weighted by molar-refractivity contribution is 0.0939. The molecule has 1 atom stereocenters. The average Bonchev–Trinajstić information content (AvgIpc) is 3.40. The molecule has 6 heteroatoms. The van der Waals surface area contributed by atoms with Crippen LogP contribution in [0.3, 0.4) is 0 Å². The Hall–Kier alpha value is -2.57. The normalized spacial score (nSPS) is 12.2. The summed E-state index contributed by atoms with van der Waals surface area (Å²) in [5.41, 5.74) is 3.88. The number of rotatable bonds is 5. The first kappa shape index (κ1) is 17.8. The molecule has 0 saturated heterocycles. The largest absolute Gasteiger partial charge is 0.350 e. The quantitative estimate of drug-likeness (QED) is 0.479. The lowest BCUT2D eigenvalue weighted by Gasteiger charge is -2.12. The van der Waals surface area contributed by atoms with Crippen molar-refractivity contribution in [2.24, 2.45) is 0 Å². The van der Waals surface area contributed by atoms with Crippen LogP contribution in [0.1, 0.15) is 30.6 Å². The predicted octanol–water partition coefficient (Wildman–Crippen LogP) is 5.62. The standard InChI is InChI=1S/C21H19N3OS2/c1-3-13(2)22-21(25)14-8-9-15-16(12-14)24-20(18-7-5-11-27-18)19(23-15)17-6-4-10-26-17/h4-13H,3H2,1-2H3,(H,22,25)/t13-/m1/s1. The van der Waals surface area contributed by atoms with Gasteiger partial charge in [0.15, 0.2) is 0 Å². The second-order valence-corrected chi connectivity index (χ2v) is 8.26. The third-order valence-corrected chi connectivity index (χ3v) is 6.18. The second-order valence-electron chi connectivity index (χ2n) is 6.36. The van der Waals surface area contributed by atoms with Gasteiger partial charge in [0.25, 0.3) is 5.91 Å². The van der Waals surface area contributed by atoms with E-state index >= 15 is 0 Å². The van der Waals surface area contributed by atoms with Gasteiger partial charge in [-0.2, -0.15) is 0 Å². The first-order valence-electron chi connectivity index (χ1n) is 8.86. The molecule has 1 aromatic carbocycles. The summed E-state index contributed by atoms with van der Waals surface area (Å²) in [6.07, 6.45) is 0.895. The summed E-state index contributed by atoms with van der Waals surface area (Å²) in [5.74, 6) is -0.0759. The molecule has 4 aromatic rings. The van der Waals surface area contributed by atoms with Gasteiger partial charge in [0.05, 0.1) is 20.8 Å². The second kappa shape index (κ2) is 7.58. The van der Waals surface area contributed by atoms with Crippen LogP contribution < -0.4 is 5.32 Å². The van der Waals surface area contributed by atoms with Crippen molar-refractivity contribution in [1.29, 1.82) is 0 Å². The Balaban J connectivity index is 1.83. The molecule has 1 N–H and O–H groups in total. The van der Waals surface area contributed by atoms with E-state index in [1.54, 1.807) is 22.7 Å². The number of nitrogens with one attached hydrogen (secondary N) is 1. The monoisotopic (exact) mass is 393 g/mol. The molecule has 0 aliphatic heterocycles. The molecule has 0 unspecified atom stereocenters. The van der Waals surface area contributed by atoms with E-state index < -0.39 is 0 Å². The van der Waals surface area contributed by atoms with Crippen LogP contribution in [0.15, 0.2) is 53.2 Å². The minimum absolute atomic E-state index is 0.0759. The number of amides is 1. The zero-order chi connectivity index (χ0) is 18.8. The minimum Gasteiger partial charge on any atom is -0.350 e. The van der Waals surface area contributed by atoms with E-state index in [-0.39, 0.29) is 11.9 Å². The van der Waals surface area contributed by atoms with Crippen LogP contribution in [0.5, 0.6) is 0 Å². The molecule has 0 aliphatic rings. The number of aromatic nitrogens is 2. The molecule has 0 saturated carbocycles. The molecule has 4 rings (SSSR count). The van der Waals surface area contributed by atoms with Gasteiger partial charge in [0.1, 0.15) is 11.4 Å². The molecule has 136 valence electrons. The number of carbonyl (C=O) groups excluding carboxylic acids is 1. The summed E-state index contributed by atoms with van der Waals surface area (Å²) in [7, 11) is 0. The fraction of sp³-hybridized carbons (Fsp3) is 0.190. The van der Waals surface area contributed by atoms with Crippen molar-refractivity contribution in [3.8, 4) is 21.1 Å². The Morgan fingerprint density at radius 2 is 1.63 bits per heavy atom. The van der Waals surface area contributed by atoms with Crippen molar-refractivity contribution < 1.29 is 4.79 Å². The number of fused-ring (bicyclic) bond motifs is 1. The molecule has 3 aromatic heterocycles. The Kier molecular flexibility index (Phi) is 5.01. The van der Waals surface area contributed by atoms with E-state index in [4.69, 9.17) is 9.97 Å². The van der Waals surface area contributed by atoms with Crippen molar-refractivity contribution >= 4 is 39.6 Å². The zero-order valence-corrected chi connectivity index (χ0v) is 16.7. The first-order valence-corrected chi connectivity index (χ1v) is 10.6. The smallest absolute Gasteiger partial charge is 0.251 e. The Bertz CT molecular complexity index is 1070. The molecule has 27 heavy (non-hydrogen) atoms. The van der Waals surface area contributed by atoms with Crippen LogP contribution in [0, 0.1) is 0 Å². The highest BCUT2D eigenvalue weighted by molar-refractivity contribution is 7.14. The molecule has 0 spiro atoms. The Morgan fingerprint density at radius 3 is 2.19 bits per heavy atom. The van der Waals surface area contributed by atoms with Crippen LogP contribution in [-0.4, -0.2) is 21.9 Å². The molecule has 0 aliphatic carbocycles. The van der Waals surface area contributed by atoms with E-state index in [1.807, 2.05) is 48.0 Å². The SMILES string of the molecule is CC[C@@H](C)NC(=O)c1ccc2nc(-c3cccs3)c(-c3cccs3)nc2c1. The molecule has 0 radical (unpaired) electrons. The molecule has 4 nitrogen and oxygen atoms in total. The number of nitrogens with zero attached hydrogens (tertiary/aromatic N) is 2. The number of benzene rings is 1. The van der Waals surface area contributed by atoms with Gasteiger partial charge in [0.2, 0.25) is 0 Å². The van der Waals surface area contributed by atoms with Gasteiger partial charge in [-0.25, -0.2) is 9.97 Å². The first-order chi connectivity index (χ1) is 13.2. The van der Waals surface area contributed by atoms with Crippen molar-refractivity contribution in [2.45, 2.75) is 26.3 Å². The van der Waals surface area contributed by atoms with Gasteiger partial charge in [0, 0.05) is 11.6 Å². The highest BCUT2D eigenvalue weighted by Gasteiger charge is 2.16. The third-order valence-electron chi connectivity index (χ3n) is 4.43. The maximum absolute atomic E-state index is 12.5. The number of thiophene rings is 2. The third kappa shape index (κ3) is 3.63. The van der Waals surface area contributed by atoms with Crippen LogP contribution >= 0.6 is 22.7 Å². The van der Waals surface area contributed by atoms with Crippen molar-refractivity contribution in [2.75, 3.05) is 0 Å². The molecule has 0 bridgehead atoms. The molecule has 1 amide bonds. The van der Waals surface area contributed by atoms with Gasteiger partial charge in [-0.1, -0.05) is 19.1 Å². The van der Waals surface area contributed by atoms with E-state index in [0.717, 1.165) is 38.6 Å². The summed E-state index contributed by atoms with van der Waals surface area (Å²) in [6, 6.07) is 13.8. The van der Waals surface area contributed by atoms with E-state index in [2.05, 4.69) is 24.4 Å². The van der Waals surface area contributed by atoms with Gasteiger partial charge in [-0.15, -0.1) is 22.7 Å². The van der Waals surface area contributed by atoms with Crippen molar-refractivity contribution in [3.63, 3.8) is 0 Å². The minimum atomic E-state index is -0.0759. The summed E-state index contributed by atoms with van der Waals surface area (Å²) in [4.78, 5) is 24.4. The van der Waals surface area contributed by atoms with Crippen LogP contribution in [0.2, 0.25) is 0 Å². The van der Waals surface area contributed by atoms with Gasteiger partial charge < -0.3 is 5.32 Å². The fourth-order valence-corrected chi connectivity index (χ4v) is 4.20. The highest BCUT2D eigenvalue weighted by atomic mass is 32.1. The number of hydrogen-bond acceptors (Lipinski definition) is 5. The van der Waals surface area contributed by atoms with Crippen molar-refractivity contribution in [1.82, 2.24) is 15.3 Å². The van der Waals surface area contributed by atoms with Gasteiger partial charge >= 0.3 is 0 Å². The highest BCUT2D eigenvalue weighted by Crippen LogP contribution is 2.35. The lowest BCUT2D eigenvalue weighted by atomic mass is 10.1. The van der Waals surface area contributed by atoms with E-state index in [1.165, 1.54) is 0 Å². The van der Waals surface area contributed by atoms with Crippen molar-refractivity contribution in [3.05, 3.63) is 58.8 Å². The van der Waals surface area contributed by atoms with E-state index in [9.17, 15) is 4.79 Å². The predicted molar refractivity (Wildman–Crippen MR) is 113 cm³/mol. The molecular weight excluding hydrogens is 374 g/mol. The fourth-order valence-electron chi connectivity index (χ4n) is 2.77. The van der Waals surface area contributed by atoms with Crippen LogP contribution in [0.4, 0.5) is 0 Å². The Morgan fingerprint density at radius 1 is 1.00 bits per heavy atom. The van der Waals surface area contributed by atoms with E-state index in [0.29, 0.717) is 5.56 Å². The topological polar surface area (TPSA) is 54.9 Å². The summed E-state index contributed by atoms with van der Waals surface area (Å²) < 4.78 is 0. The maximum Gasteiger partial charge on any atom is 0.251 e. The summed E-state index contributed by atoms with van der Waals surface area (Å²) in [5, 5.41) is 7.08. The summed E-state index contributed by atoms with van der Waals surface area (Å²) >= 11 is 3.29. The summed E-state index contributed by atoms with van der Waals surface area (Å²) in [6.45, 7) is 4.05. The maximum atomic E-state index is 12.5. The zero-order valence-electron chi connectivity index (χ0n) is 15.1. The molecule has 3 heterocycles. The number of carbonyl (C=O) groups is 1. The molecule has 0 fully saturated rings.